The number of carboxylic acid groups (broad SMARTS) is 1. The molecule has 3 amide bonds. The molecule has 2 N–H and O–H groups in total. The van der Waals surface area contributed by atoms with Crippen LogP contribution in [0.2, 0.25) is 0 Å². The smallest absolute Gasteiger partial charge is 0.337 e. The van der Waals surface area contributed by atoms with Crippen LogP contribution in [0.1, 0.15) is 16.1 Å². The number of imide groups is 1. The number of nitrogens with zero attached hydrogens (tertiary/aromatic N) is 1. The summed E-state index contributed by atoms with van der Waals surface area (Å²) in [5.74, 6) is -1.72. The molecule has 1 aromatic heterocycles. The van der Waals surface area contributed by atoms with Gasteiger partial charge in [0.1, 0.15) is 23.8 Å². The van der Waals surface area contributed by atoms with Crippen molar-refractivity contribution in [1.82, 2.24) is 10.2 Å². The van der Waals surface area contributed by atoms with E-state index in [-0.39, 0.29) is 5.70 Å². The molecular formula is C18H14N2O7. The van der Waals surface area contributed by atoms with Crippen molar-refractivity contribution in [3.8, 4) is 11.3 Å². The molecule has 1 aliphatic rings. The topological polar surface area (TPSA) is 126 Å². The van der Waals surface area contributed by atoms with E-state index in [0.717, 1.165) is 0 Å². The molecule has 9 nitrogen and oxygen atoms in total. The third kappa shape index (κ3) is 3.71. The van der Waals surface area contributed by atoms with E-state index in [4.69, 9.17) is 9.52 Å². The van der Waals surface area contributed by atoms with Gasteiger partial charge in [-0.3, -0.25) is 9.59 Å². The fraction of sp³-hybridized carbons (Fsp3) is 0.111. The summed E-state index contributed by atoms with van der Waals surface area (Å²) in [7, 11) is 1.29. The number of urea groups is 1. The van der Waals surface area contributed by atoms with Crippen molar-refractivity contribution in [2.24, 2.45) is 0 Å². The van der Waals surface area contributed by atoms with Gasteiger partial charge < -0.3 is 19.6 Å². The third-order valence-electron chi connectivity index (χ3n) is 3.76. The molecule has 1 aliphatic heterocycles. The highest BCUT2D eigenvalue weighted by Crippen LogP contribution is 2.24. The van der Waals surface area contributed by atoms with Crippen LogP contribution in [-0.2, 0) is 14.3 Å². The second kappa shape index (κ2) is 7.16. The number of amides is 3. The Hall–Kier alpha value is -3.88. The van der Waals surface area contributed by atoms with Gasteiger partial charge in [-0.05, 0) is 24.3 Å². The summed E-state index contributed by atoms with van der Waals surface area (Å²) in [5, 5.41) is 11.1. The molecule has 27 heavy (non-hydrogen) atoms. The summed E-state index contributed by atoms with van der Waals surface area (Å²) in [6.07, 6.45) is 1.31. The van der Waals surface area contributed by atoms with Gasteiger partial charge in [-0.15, -0.1) is 0 Å². The first-order chi connectivity index (χ1) is 12.9. The highest BCUT2D eigenvalue weighted by Gasteiger charge is 2.35. The van der Waals surface area contributed by atoms with Gasteiger partial charge >= 0.3 is 18.0 Å². The SMILES string of the molecule is COC(=O)c1ccc(-c2ccc(/C=C3/NC(=O)N(CC(=O)O)C3=O)o2)cc1. The normalized spacial score (nSPS) is 15.1. The van der Waals surface area contributed by atoms with Crippen LogP contribution in [-0.4, -0.2) is 47.5 Å². The molecule has 2 heterocycles. The van der Waals surface area contributed by atoms with Crippen molar-refractivity contribution >= 4 is 30.0 Å². The van der Waals surface area contributed by atoms with E-state index < -0.39 is 30.4 Å². The molecule has 1 saturated heterocycles. The van der Waals surface area contributed by atoms with Crippen LogP contribution in [0.4, 0.5) is 4.79 Å². The van der Waals surface area contributed by atoms with Gasteiger partial charge in [-0.1, -0.05) is 12.1 Å². The van der Waals surface area contributed by atoms with Crippen molar-refractivity contribution < 1.29 is 33.4 Å². The molecule has 0 radical (unpaired) electrons. The van der Waals surface area contributed by atoms with Crippen LogP contribution in [0, 0.1) is 0 Å². The zero-order valence-corrected chi connectivity index (χ0v) is 14.1. The van der Waals surface area contributed by atoms with Crippen LogP contribution in [0.5, 0.6) is 0 Å². The maximum Gasteiger partial charge on any atom is 0.337 e. The van der Waals surface area contributed by atoms with Crippen LogP contribution < -0.4 is 5.32 Å². The monoisotopic (exact) mass is 370 g/mol. The molecule has 3 rings (SSSR count). The van der Waals surface area contributed by atoms with Crippen LogP contribution in [0.25, 0.3) is 17.4 Å². The number of hydrogen-bond acceptors (Lipinski definition) is 6. The summed E-state index contributed by atoms with van der Waals surface area (Å²) in [6, 6.07) is 8.99. The maximum absolute atomic E-state index is 12.1. The molecule has 1 aromatic carbocycles. The Morgan fingerprint density at radius 1 is 1.19 bits per heavy atom. The molecule has 0 unspecified atom stereocenters. The number of nitrogens with one attached hydrogen (secondary N) is 1. The van der Waals surface area contributed by atoms with Gasteiger partial charge in [0.2, 0.25) is 0 Å². The fourth-order valence-electron chi connectivity index (χ4n) is 2.47. The quantitative estimate of drug-likeness (QED) is 0.466. The summed E-state index contributed by atoms with van der Waals surface area (Å²) < 4.78 is 10.3. The lowest BCUT2D eigenvalue weighted by Crippen LogP contribution is -2.35. The number of ether oxygens (including phenoxy) is 1. The molecule has 0 saturated carbocycles. The van der Waals surface area contributed by atoms with Crippen molar-refractivity contribution in [3.63, 3.8) is 0 Å². The van der Waals surface area contributed by atoms with Gasteiger partial charge in [-0.25, -0.2) is 14.5 Å². The summed E-state index contributed by atoms with van der Waals surface area (Å²) in [4.78, 5) is 46.5. The van der Waals surface area contributed by atoms with Gasteiger partial charge in [0.05, 0.1) is 12.7 Å². The summed E-state index contributed by atoms with van der Waals surface area (Å²) in [5.41, 5.74) is 1.01. The standard InChI is InChI=1S/C18H14N2O7/c1-26-17(24)11-4-2-10(3-5-11)14-7-6-12(27-14)8-13-16(23)20(9-15(21)22)18(25)19-13/h2-8H,9H2,1H3,(H,19,25)(H,21,22)/b13-8+. The largest absolute Gasteiger partial charge is 0.480 e. The molecule has 9 heteroatoms. The predicted molar refractivity (Wildman–Crippen MR) is 91.3 cm³/mol. The average molecular weight is 370 g/mol. The van der Waals surface area contributed by atoms with Crippen molar-refractivity contribution in [2.45, 2.75) is 0 Å². The maximum atomic E-state index is 12.1. The van der Waals surface area contributed by atoms with E-state index in [1.807, 2.05) is 0 Å². The number of benzene rings is 1. The van der Waals surface area contributed by atoms with E-state index in [1.54, 1.807) is 36.4 Å². The van der Waals surface area contributed by atoms with E-state index in [1.165, 1.54) is 13.2 Å². The minimum absolute atomic E-state index is 0.0804. The Bertz CT molecular complexity index is 956. The second-order valence-corrected chi connectivity index (χ2v) is 5.54. The van der Waals surface area contributed by atoms with E-state index in [9.17, 15) is 19.2 Å². The van der Waals surface area contributed by atoms with Gasteiger partial charge in [0, 0.05) is 11.6 Å². The first-order valence-electron chi connectivity index (χ1n) is 7.74. The highest BCUT2D eigenvalue weighted by molar-refractivity contribution is 6.15. The second-order valence-electron chi connectivity index (χ2n) is 5.54. The number of hydrogen-bond donors (Lipinski definition) is 2. The Labute approximate surface area is 152 Å². The van der Waals surface area contributed by atoms with E-state index in [0.29, 0.717) is 27.5 Å². The lowest BCUT2D eigenvalue weighted by molar-refractivity contribution is -0.140. The minimum Gasteiger partial charge on any atom is -0.480 e. The van der Waals surface area contributed by atoms with Crippen molar-refractivity contribution in [2.75, 3.05) is 13.7 Å². The third-order valence-corrected chi connectivity index (χ3v) is 3.76. The number of carbonyl (C=O) groups excluding carboxylic acids is 3. The molecule has 0 aliphatic carbocycles. The first kappa shape index (κ1) is 17.9. The summed E-state index contributed by atoms with van der Waals surface area (Å²) in [6.45, 7) is -0.724. The Balaban J connectivity index is 1.79. The molecule has 0 atom stereocenters. The minimum atomic E-state index is -1.30. The highest BCUT2D eigenvalue weighted by atomic mass is 16.5. The lowest BCUT2D eigenvalue weighted by Gasteiger charge is -2.06. The van der Waals surface area contributed by atoms with Gasteiger partial charge in [0.15, 0.2) is 0 Å². The number of esters is 1. The molecular weight excluding hydrogens is 356 g/mol. The fourth-order valence-corrected chi connectivity index (χ4v) is 2.47. The van der Waals surface area contributed by atoms with Crippen LogP contribution in [0.15, 0.2) is 46.5 Å². The average Bonchev–Trinajstić information content (AvgIpc) is 3.21. The zero-order chi connectivity index (χ0) is 19.6. The molecule has 0 bridgehead atoms. The number of carbonyl (C=O) groups is 4. The first-order valence-corrected chi connectivity index (χ1v) is 7.74. The number of carboxylic acids is 1. The van der Waals surface area contributed by atoms with Gasteiger partial charge in [0.25, 0.3) is 5.91 Å². The number of furan rings is 1. The summed E-state index contributed by atoms with van der Waals surface area (Å²) >= 11 is 0. The molecule has 138 valence electrons. The van der Waals surface area contributed by atoms with Crippen LogP contribution in [0.3, 0.4) is 0 Å². The molecule has 2 aromatic rings. The van der Waals surface area contributed by atoms with E-state index in [2.05, 4.69) is 10.1 Å². The Morgan fingerprint density at radius 2 is 1.89 bits per heavy atom. The Kier molecular flexibility index (Phi) is 4.75. The predicted octanol–water partition coefficient (Wildman–Crippen LogP) is 1.71. The number of methoxy groups -OCH3 is 1. The Morgan fingerprint density at radius 3 is 2.52 bits per heavy atom. The zero-order valence-electron chi connectivity index (χ0n) is 14.1. The van der Waals surface area contributed by atoms with Crippen LogP contribution >= 0.6 is 0 Å². The van der Waals surface area contributed by atoms with Gasteiger partial charge in [-0.2, -0.15) is 0 Å². The van der Waals surface area contributed by atoms with Crippen molar-refractivity contribution in [3.05, 3.63) is 53.4 Å². The number of aliphatic carboxylic acids is 1. The molecule has 0 spiro atoms. The van der Waals surface area contributed by atoms with Crippen molar-refractivity contribution in [1.29, 1.82) is 0 Å². The molecule has 1 fully saturated rings. The number of rotatable bonds is 5. The van der Waals surface area contributed by atoms with E-state index >= 15 is 0 Å². The lowest BCUT2D eigenvalue weighted by atomic mass is 10.1.